The molecule has 0 unspecified atom stereocenters. The van der Waals surface area contributed by atoms with Crippen LogP contribution in [-0.2, 0) is 11.3 Å². The van der Waals surface area contributed by atoms with Gasteiger partial charge < -0.3 is 15.8 Å². The van der Waals surface area contributed by atoms with Gasteiger partial charge in [-0.3, -0.25) is 4.79 Å². The van der Waals surface area contributed by atoms with Crippen molar-refractivity contribution in [2.75, 3.05) is 6.61 Å². The molecule has 3 N–H and O–H groups in total. The molecule has 0 aromatic heterocycles. The van der Waals surface area contributed by atoms with Crippen LogP contribution in [0.1, 0.15) is 32.8 Å². The van der Waals surface area contributed by atoms with Crippen molar-refractivity contribution >= 4 is 5.91 Å². The van der Waals surface area contributed by atoms with Gasteiger partial charge in [-0.25, -0.2) is 0 Å². The first-order valence-corrected chi connectivity index (χ1v) is 6.79. The van der Waals surface area contributed by atoms with Gasteiger partial charge in [0, 0.05) is 6.54 Å². The monoisotopic (exact) mass is 264 g/mol. The molecule has 4 nitrogen and oxygen atoms in total. The normalized spacial score (nSPS) is 12.3. The van der Waals surface area contributed by atoms with Crippen molar-refractivity contribution in [3.63, 3.8) is 0 Å². The fourth-order valence-electron chi connectivity index (χ4n) is 1.53. The Hall–Kier alpha value is -1.55. The Labute approximate surface area is 115 Å². The summed E-state index contributed by atoms with van der Waals surface area (Å²) in [7, 11) is 0. The molecule has 4 heteroatoms. The molecule has 106 valence electrons. The minimum atomic E-state index is -0.452. The van der Waals surface area contributed by atoms with Crippen molar-refractivity contribution in [2.24, 2.45) is 11.7 Å². The fraction of sp³-hybridized carbons (Fsp3) is 0.533. The molecule has 0 radical (unpaired) electrons. The van der Waals surface area contributed by atoms with E-state index in [0.29, 0.717) is 6.54 Å². The zero-order valence-corrected chi connectivity index (χ0v) is 12.0. The molecule has 0 aliphatic carbocycles. The lowest BCUT2D eigenvalue weighted by molar-refractivity contribution is -0.123. The summed E-state index contributed by atoms with van der Waals surface area (Å²) >= 11 is 0. The van der Waals surface area contributed by atoms with Gasteiger partial charge in [0.1, 0.15) is 5.75 Å². The predicted octanol–water partition coefficient (Wildman–Crippen LogP) is 2.07. The van der Waals surface area contributed by atoms with E-state index in [4.69, 9.17) is 10.5 Å². The highest BCUT2D eigenvalue weighted by atomic mass is 16.5. The fourth-order valence-corrected chi connectivity index (χ4v) is 1.53. The minimum absolute atomic E-state index is 0.110. The maximum absolute atomic E-state index is 11.7. The van der Waals surface area contributed by atoms with Gasteiger partial charge in [-0.2, -0.15) is 0 Å². The van der Waals surface area contributed by atoms with Gasteiger partial charge in [0.15, 0.2) is 0 Å². The summed E-state index contributed by atoms with van der Waals surface area (Å²) in [4.78, 5) is 11.7. The van der Waals surface area contributed by atoms with Crippen LogP contribution < -0.4 is 15.8 Å². The predicted molar refractivity (Wildman–Crippen MR) is 76.9 cm³/mol. The van der Waals surface area contributed by atoms with Crippen molar-refractivity contribution in [2.45, 2.75) is 39.8 Å². The highest BCUT2D eigenvalue weighted by molar-refractivity contribution is 5.81. The van der Waals surface area contributed by atoms with Crippen LogP contribution in [0.4, 0.5) is 0 Å². The van der Waals surface area contributed by atoms with E-state index in [1.54, 1.807) is 0 Å². The Morgan fingerprint density at radius 3 is 2.47 bits per heavy atom. The summed E-state index contributed by atoms with van der Waals surface area (Å²) < 4.78 is 5.50. The van der Waals surface area contributed by atoms with Gasteiger partial charge in [0.05, 0.1) is 12.6 Å². The van der Waals surface area contributed by atoms with E-state index in [-0.39, 0.29) is 11.8 Å². The summed E-state index contributed by atoms with van der Waals surface area (Å²) in [6, 6.07) is 7.28. The van der Waals surface area contributed by atoms with Crippen LogP contribution in [0.15, 0.2) is 24.3 Å². The standard InChI is InChI=1S/C15H24N2O2/c1-4-9-19-13-7-5-12(6-8-13)10-17-15(18)14(16)11(2)3/h5-8,11,14H,4,9-10,16H2,1-3H3,(H,17,18)/t14-/m0/s1. The first-order chi connectivity index (χ1) is 9.04. The minimum Gasteiger partial charge on any atom is -0.494 e. The van der Waals surface area contributed by atoms with E-state index < -0.39 is 6.04 Å². The number of nitrogens with two attached hydrogens (primary N) is 1. The SMILES string of the molecule is CCCOc1ccc(CNC(=O)[C@@H](N)C(C)C)cc1. The second-order valence-corrected chi connectivity index (χ2v) is 4.98. The lowest BCUT2D eigenvalue weighted by atomic mass is 10.0. The number of amides is 1. The first kappa shape index (κ1) is 15.5. The van der Waals surface area contributed by atoms with E-state index in [2.05, 4.69) is 12.2 Å². The maximum Gasteiger partial charge on any atom is 0.237 e. The summed E-state index contributed by atoms with van der Waals surface area (Å²) in [6.45, 7) is 7.16. The number of carbonyl (C=O) groups excluding carboxylic acids is 1. The molecule has 0 aliphatic heterocycles. The quantitative estimate of drug-likeness (QED) is 0.792. The Morgan fingerprint density at radius 2 is 1.95 bits per heavy atom. The van der Waals surface area contributed by atoms with Crippen LogP contribution in [0.2, 0.25) is 0 Å². The van der Waals surface area contributed by atoms with Crippen LogP contribution in [0.25, 0.3) is 0 Å². The zero-order chi connectivity index (χ0) is 14.3. The van der Waals surface area contributed by atoms with Gasteiger partial charge in [-0.05, 0) is 30.0 Å². The number of benzene rings is 1. The van der Waals surface area contributed by atoms with Crippen molar-refractivity contribution < 1.29 is 9.53 Å². The van der Waals surface area contributed by atoms with E-state index in [1.165, 1.54) is 0 Å². The zero-order valence-electron chi connectivity index (χ0n) is 12.0. The first-order valence-electron chi connectivity index (χ1n) is 6.79. The molecule has 0 saturated heterocycles. The maximum atomic E-state index is 11.7. The van der Waals surface area contributed by atoms with Crippen LogP contribution in [0.3, 0.4) is 0 Å². The van der Waals surface area contributed by atoms with Crippen LogP contribution in [-0.4, -0.2) is 18.6 Å². The van der Waals surface area contributed by atoms with Crippen molar-refractivity contribution in [3.05, 3.63) is 29.8 Å². The molecule has 0 aliphatic rings. The lowest BCUT2D eigenvalue weighted by Gasteiger charge is -2.15. The molecule has 1 atom stereocenters. The second kappa shape index (κ2) is 7.79. The number of nitrogens with one attached hydrogen (secondary N) is 1. The van der Waals surface area contributed by atoms with Crippen LogP contribution in [0.5, 0.6) is 5.75 Å². The number of hydrogen-bond donors (Lipinski definition) is 2. The van der Waals surface area contributed by atoms with Gasteiger partial charge in [-0.15, -0.1) is 0 Å². The highest BCUT2D eigenvalue weighted by Crippen LogP contribution is 2.12. The summed E-state index contributed by atoms with van der Waals surface area (Å²) in [6.07, 6.45) is 0.991. The number of carbonyl (C=O) groups is 1. The molecule has 1 aromatic rings. The van der Waals surface area contributed by atoms with E-state index in [9.17, 15) is 4.79 Å². The summed E-state index contributed by atoms with van der Waals surface area (Å²) in [5, 5.41) is 2.84. The molecular weight excluding hydrogens is 240 g/mol. The van der Waals surface area contributed by atoms with Gasteiger partial charge in [0.2, 0.25) is 5.91 Å². The molecule has 1 aromatic carbocycles. The Morgan fingerprint density at radius 1 is 1.32 bits per heavy atom. The summed E-state index contributed by atoms with van der Waals surface area (Å²) in [5.74, 6) is 0.891. The number of rotatable bonds is 7. The van der Waals surface area contributed by atoms with E-state index >= 15 is 0 Å². The molecule has 1 rings (SSSR count). The van der Waals surface area contributed by atoms with Gasteiger partial charge in [0.25, 0.3) is 0 Å². The average molecular weight is 264 g/mol. The van der Waals surface area contributed by atoms with E-state index in [1.807, 2.05) is 38.1 Å². The van der Waals surface area contributed by atoms with Crippen LogP contribution in [0, 0.1) is 5.92 Å². The third kappa shape index (κ3) is 5.30. The Bertz CT molecular complexity index is 388. The number of hydrogen-bond acceptors (Lipinski definition) is 3. The van der Waals surface area contributed by atoms with Crippen molar-refractivity contribution in [1.82, 2.24) is 5.32 Å². The average Bonchev–Trinajstić information content (AvgIpc) is 2.42. The Kier molecular flexibility index (Phi) is 6.36. The van der Waals surface area contributed by atoms with E-state index in [0.717, 1.165) is 24.3 Å². The highest BCUT2D eigenvalue weighted by Gasteiger charge is 2.16. The third-order valence-electron chi connectivity index (χ3n) is 2.88. The van der Waals surface area contributed by atoms with Gasteiger partial charge in [-0.1, -0.05) is 32.9 Å². The largest absolute Gasteiger partial charge is 0.494 e. The molecule has 0 saturated carbocycles. The third-order valence-corrected chi connectivity index (χ3v) is 2.88. The smallest absolute Gasteiger partial charge is 0.237 e. The summed E-state index contributed by atoms with van der Waals surface area (Å²) in [5.41, 5.74) is 6.81. The topological polar surface area (TPSA) is 64.3 Å². The van der Waals surface area contributed by atoms with Crippen LogP contribution >= 0.6 is 0 Å². The molecule has 19 heavy (non-hydrogen) atoms. The molecule has 0 spiro atoms. The molecule has 1 amide bonds. The molecule has 0 fully saturated rings. The van der Waals surface area contributed by atoms with Crippen molar-refractivity contribution in [1.29, 1.82) is 0 Å². The second-order valence-electron chi connectivity index (χ2n) is 4.98. The molecule has 0 bridgehead atoms. The Balaban J connectivity index is 2.43. The van der Waals surface area contributed by atoms with Crippen molar-refractivity contribution in [3.8, 4) is 5.75 Å². The lowest BCUT2D eigenvalue weighted by Crippen LogP contribution is -2.43. The molecular formula is C15H24N2O2. The van der Waals surface area contributed by atoms with Gasteiger partial charge >= 0.3 is 0 Å². The number of ether oxygens (including phenoxy) is 1. The molecule has 0 heterocycles.